The van der Waals surface area contributed by atoms with Crippen LogP contribution in [-0.4, -0.2) is 20.0 Å². The number of hydrogen-bond acceptors (Lipinski definition) is 3. The Kier molecular flexibility index (Phi) is 3.08. The third kappa shape index (κ3) is 3.07. The van der Waals surface area contributed by atoms with Gasteiger partial charge in [0.25, 0.3) is 0 Å². The summed E-state index contributed by atoms with van der Waals surface area (Å²) >= 11 is 0. The van der Waals surface area contributed by atoms with E-state index >= 15 is 0 Å². The normalized spacial score (nSPS) is 15.3. The molecule has 0 aromatic rings. The Labute approximate surface area is 65.8 Å². The van der Waals surface area contributed by atoms with Gasteiger partial charge >= 0.3 is 21.8 Å². The van der Waals surface area contributed by atoms with Crippen molar-refractivity contribution in [2.75, 3.05) is 0 Å². The number of halogens is 4. The Morgan fingerprint density at radius 1 is 1.42 bits per heavy atom. The van der Waals surface area contributed by atoms with Gasteiger partial charge < -0.3 is 4.74 Å². The minimum absolute atomic E-state index is 0.204. The maximum absolute atomic E-state index is 11.8. The Morgan fingerprint density at radius 3 is 1.92 bits per heavy atom. The summed E-state index contributed by atoms with van der Waals surface area (Å²) in [6.07, 6.45) is -5.10. The van der Waals surface area contributed by atoms with Crippen molar-refractivity contribution in [2.24, 2.45) is 0 Å². The second-order valence-corrected chi connectivity index (χ2v) is 3.03. The molecule has 0 spiro atoms. The molecule has 0 heterocycles. The highest BCUT2D eigenvalue weighted by Gasteiger charge is 2.51. The van der Waals surface area contributed by atoms with E-state index in [-0.39, 0.29) is 6.26 Å². The van der Waals surface area contributed by atoms with E-state index in [0.717, 1.165) is 0 Å². The van der Waals surface area contributed by atoms with Gasteiger partial charge in [-0.05, 0) is 0 Å². The average Bonchev–Trinajstić information content (AvgIpc) is 1.77. The van der Waals surface area contributed by atoms with E-state index < -0.39 is 21.8 Å². The van der Waals surface area contributed by atoms with E-state index in [1.807, 2.05) is 0 Å². The summed E-state index contributed by atoms with van der Waals surface area (Å²) in [7, 11) is -5.80. The van der Waals surface area contributed by atoms with Gasteiger partial charge in [-0.2, -0.15) is 21.6 Å². The molecule has 0 saturated carbocycles. The number of ether oxygens (including phenoxy) is 1. The van der Waals surface area contributed by atoms with Gasteiger partial charge in [0, 0.05) is 0 Å². The topological polar surface area (TPSA) is 43.4 Å². The molecule has 1 atom stereocenters. The van der Waals surface area contributed by atoms with Crippen molar-refractivity contribution in [1.29, 1.82) is 0 Å². The lowest BCUT2D eigenvalue weighted by Crippen LogP contribution is -2.35. The van der Waals surface area contributed by atoms with Gasteiger partial charge in [-0.25, -0.2) is 0 Å². The van der Waals surface area contributed by atoms with E-state index in [0.29, 0.717) is 0 Å². The summed E-state index contributed by atoms with van der Waals surface area (Å²) in [6, 6.07) is 0. The standard InChI is InChI=1S/C4H4F4O3S/c1-2-11-3(4(5,6)7)12(8,9)10/h2-3H,1H2. The van der Waals surface area contributed by atoms with Crippen molar-refractivity contribution in [3.8, 4) is 0 Å². The first-order valence-corrected chi connectivity index (χ1v) is 3.91. The van der Waals surface area contributed by atoms with Gasteiger partial charge in [-0.1, -0.05) is 6.58 Å². The first kappa shape index (κ1) is 11.2. The molecule has 0 saturated heterocycles. The number of hydrogen-bond donors (Lipinski definition) is 0. The Bertz CT molecular complexity index is 254. The van der Waals surface area contributed by atoms with Crippen LogP contribution in [0, 0.1) is 0 Å². The van der Waals surface area contributed by atoms with Crippen LogP contribution in [-0.2, 0) is 15.0 Å². The smallest absolute Gasteiger partial charge is 0.443 e. The molecule has 0 bridgehead atoms. The molecule has 0 aromatic carbocycles. The minimum Gasteiger partial charge on any atom is -0.472 e. The van der Waals surface area contributed by atoms with Crippen LogP contribution in [0.2, 0.25) is 0 Å². The molecule has 0 rings (SSSR count). The molecule has 0 aliphatic carbocycles. The zero-order valence-corrected chi connectivity index (χ0v) is 6.32. The second kappa shape index (κ2) is 3.30. The molecule has 12 heavy (non-hydrogen) atoms. The van der Waals surface area contributed by atoms with Crippen molar-refractivity contribution < 1.29 is 30.2 Å². The molecule has 0 N–H and O–H groups in total. The highest BCUT2D eigenvalue weighted by atomic mass is 32.3. The molecule has 1 unspecified atom stereocenters. The lowest BCUT2D eigenvalue weighted by molar-refractivity contribution is -0.178. The van der Waals surface area contributed by atoms with Crippen molar-refractivity contribution in [3.05, 3.63) is 12.8 Å². The van der Waals surface area contributed by atoms with Crippen molar-refractivity contribution >= 4 is 10.2 Å². The lowest BCUT2D eigenvalue weighted by Gasteiger charge is -2.14. The summed E-state index contributed by atoms with van der Waals surface area (Å²) in [5.74, 6) is 0. The second-order valence-electron chi connectivity index (χ2n) is 1.65. The van der Waals surface area contributed by atoms with E-state index in [1.165, 1.54) is 0 Å². The van der Waals surface area contributed by atoms with Gasteiger partial charge in [0.1, 0.15) is 0 Å². The average molecular weight is 208 g/mol. The number of alkyl halides is 3. The Morgan fingerprint density at radius 2 is 1.83 bits per heavy atom. The molecular formula is C4H4F4O3S. The Balaban J connectivity index is 4.81. The van der Waals surface area contributed by atoms with Crippen LogP contribution in [0.1, 0.15) is 0 Å². The maximum Gasteiger partial charge on any atom is 0.443 e. The summed E-state index contributed by atoms with van der Waals surface area (Å²) in [5.41, 5.74) is -3.48. The summed E-state index contributed by atoms with van der Waals surface area (Å²) in [5, 5.41) is 0. The molecule has 8 heteroatoms. The van der Waals surface area contributed by atoms with Gasteiger partial charge in [0.15, 0.2) is 0 Å². The monoisotopic (exact) mass is 208 g/mol. The van der Waals surface area contributed by atoms with E-state index in [2.05, 4.69) is 11.3 Å². The zero-order chi connectivity index (χ0) is 9.99. The fourth-order valence-electron chi connectivity index (χ4n) is 0.391. The summed E-state index contributed by atoms with van der Waals surface area (Å²) < 4.78 is 69.7. The summed E-state index contributed by atoms with van der Waals surface area (Å²) in [4.78, 5) is 0. The highest BCUT2D eigenvalue weighted by molar-refractivity contribution is 7.86. The fourth-order valence-corrected chi connectivity index (χ4v) is 0.921. The van der Waals surface area contributed by atoms with Crippen molar-refractivity contribution in [2.45, 2.75) is 11.6 Å². The van der Waals surface area contributed by atoms with Gasteiger partial charge in [0.05, 0.1) is 6.26 Å². The minimum atomic E-state index is -5.80. The van der Waals surface area contributed by atoms with E-state index in [9.17, 15) is 25.5 Å². The van der Waals surface area contributed by atoms with Crippen LogP contribution in [0.15, 0.2) is 12.8 Å². The van der Waals surface area contributed by atoms with Gasteiger partial charge in [-0.3, -0.25) is 0 Å². The SMILES string of the molecule is C=COC(C(F)(F)F)S(=O)(=O)F. The van der Waals surface area contributed by atoms with Crippen LogP contribution in [0.3, 0.4) is 0 Å². The molecule has 0 aliphatic heterocycles. The van der Waals surface area contributed by atoms with Crippen LogP contribution in [0.4, 0.5) is 17.1 Å². The Hall–Kier alpha value is -0.790. The third-order valence-electron chi connectivity index (χ3n) is 0.743. The first-order valence-electron chi connectivity index (χ1n) is 2.46. The quantitative estimate of drug-likeness (QED) is 0.399. The van der Waals surface area contributed by atoms with Gasteiger partial charge in [0.2, 0.25) is 0 Å². The van der Waals surface area contributed by atoms with Crippen LogP contribution in [0.5, 0.6) is 0 Å². The molecule has 0 aromatic heterocycles. The third-order valence-corrected chi connectivity index (χ3v) is 1.63. The molecule has 3 nitrogen and oxygen atoms in total. The van der Waals surface area contributed by atoms with Gasteiger partial charge in [-0.15, -0.1) is 3.89 Å². The molecule has 0 radical (unpaired) electrons. The molecule has 0 amide bonds. The zero-order valence-electron chi connectivity index (χ0n) is 5.51. The van der Waals surface area contributed by atoms with Crippen LogP contribution >= 0.6 is 0 Å². The fraction of sp³-hybridized carbons (Fsp3) is 0.500. The summed E-state index contributed by atoms with van der Waals surface area (Å²) in [6.45, 7) is 2.67. The molecule has 72 valence electrons. The molecular weight excluding hydrogens is 204 g/mol. The maximum atomic E-state index is 11.8. The highest BCUT2D eigenvalue weighted by Crippen LogP contribution is 2.27. The van der Waals surface area contributed by atoms with Crippen LogP contribution in [0.25, 0.3) is 0 Å². The lowest BCUT2D eigenvalue weighted by atomic mass is 10.7. The predicted octanol–water partition coefficient (Wildman–Crippen LogP) is 1.33. The molecule has 0 fully saturated rings. The molecule has 0 aliphatic rings. The van der Waals surface area contributed by atoms with E-state index in [1.54, 1.807) is 0 Å². The van der Waals surface area contributed by atoms with Crippen LogP contribution < -0.4 is 0 Å². The predicted molar refractivity (Wildman–Crippen MR) is 31.2 cm³/mol. The first-order chi connectivity index (χ1) is 5.19. The van der Waals surface area contributed by atoms with Crippen molar-refractivity contribution in [1.82, 2.24) is 0 Å². The van der Waals surface area contributed by atoms with E-state index in [4.69, 9.17) is 0 Å². The van der Waals surface area contributed by atoms with Crippen molar-refractivity contribution in [3.63, 3.8) is 0 Å². The largest absolute Gasteiger partial charge is 0.472 e. The number of rotatable bonds is 3.